The van der Waals surface area contributed by atoms with Crippen LogP contribution in [0.25, 0.3) is 0 Å². The molecule has 2 rings (SSSR count). The van der Waals surface area contributed by atoms with Crippen molar-refractivity contribution in [3.05, 3.63) is 28.8 Å². The Bertz CT molecular complexity index is 378. The number of phenolic OH excluding ortho intramolecular Hbond substituents is 1. The van der Waals surface area contributed by atoms with Crippen LogP contribution in [0.5, 0.6) is 5.75 Å². The van der Waals surface area contributed by atoms with Gasteiger partial charge in [0.05, 0.1) is 5.60 Å². The van der Waals surface area contributed by atoms with Crippen LogP contribution >= 0.6 is 0 Å². The zero-order valence-corrected chi connectivity index (χ0v) is 8.83. The molecule has 0 aromatic heterocycles. The van der Waals surface area contributed by atoms with Crippen molar-refractivity contribution < 1.29 is 10.2 Å². The molecular formula is C12H16O2. The van der Waals surface area contributed by atoms with Gasteiger partial charge in [-0.3, -0.25) is 0 Å². The lowest BCUT2D eigenvalue weighted by Gasteiger charge is -2.37. The highest BCUT2D eigenvalue weighted by molar-refractivity contribution is 5.55. The van der Waals surface area contributed by atoms with E-state index in [9.17, 15) is 10.2 Å². The fraction of sp³-hybridized carbons (Fsp3) is 0.500. The molecule has 1 aromatic carbocycles. The minimum Gasteiger partial charge on any atom is -0.507 e. The summed E-state index contributed by atoms with van der Waals surface area (Å²) in [5, 5.41) is 19.9. The third-order valence-corrected chi connectivity index (χ3v) is 2.99. The second kappa shape index (κ2) is 2.74. The molecule has 1 aliphatic rings. The lowest BCUT2D eigenvalue weighted by atomic mass is 9.72. The Kier molecular flexibility index (Phi) is 1.86. The normalized spacial score (nSPS) is 24.6. The first-order chi connectivity index (χ1) is 6.43. The van der Waals surface area contributed by atoms with E-state index in [2.05, 4.69) is 0 Å². The van der Waals surface area contributed by atoms with Gasteiger partial charge in [-0.25, -0.2) is 0 Å². The quantitative estimate of drug-likeness (QED) is 0.716. The Morgan fingerprint density at radius 2 is 2.00 bits per heavy atom. The number of rotatable bonds is 1. The van der Waals surface area contributed by atoms with Gasteiger partial charge >= 0.3 is 0 Å². The number of hydrogen-bond donors (Lipinski definition) is 2. The average molecular weight is 192 g/mol. The van der Waals surface area contributed by atoms with Crippen molar-refractivity contribution in [1.29, 1.82) is 0 Å². The van der Waals surface area contributed by atoms with Crippen LogP contribution in [0.15, 0.2) is 12.1 Å². The van der Waals surface area contributed by atoms with E-state index in [1.165, 1.54) is 0 Å². The van der Waals surface area contributed by atoms with E-state index < -0.39 is 5.60 Å². The van der Waals surface area contributed by atoms with E-state index in [-0.39, 0.29) is 11.7 Å². The molecule has 1 aromatic rings. The SMILES string of the molecule is CC(C)c1ccc2c(c1O)C(C)(O)C2. The first-order valence-corrected chi connectivity index (χ1v) is 5.01. The van der Waals surface area contributed by atoms with E-state index >= 15 is 0 Å². The molecule has 1 aliphatic carbocycles. The molecule has 0 radical (unpaired) electrons. The van der Waals surface area contributed by atoms with Gasteiger partial charge in [-0.2, -0.15) is 0 Å². The Morgan fingerprint density at radius 3 is 2.50 bits per heavy atom. The van der Waals surface area contributed by atoms with Crippen LogP contribution in [0.1, 0.15) is 43.4 Å². The van der Waals surface area contributed by atoms with Gasteiger partial charge in [0.15, 0.2) is 0 Å². The lowest BCUT2D eigenvalue weighted by Crippen LogP contribution is -2.35. The third kappa shape index (κ3) is 1.14. The fourth-order valence-corrected chi connectivity index (χ4v) is 2.22. The van der Waals surface area contributed by atoms with Crippen molar-refractivity contribution in [3.8, 4) is 5.75 Å². The van der Waals surface area contributed by atoms with Crippen molar-refractivity contribution >= 4 is 0 Å². The Balaban J connectivity index is 2.57. The van der Waals surface area contributed by atoms with Crippen LogP contribution in [0.3, 0.4) is 0 Å². The second-order valence-corrected chi connectivity index (χ2v) is 4.64. The molecule has 0 heterocycles. The summed E-state index contributed by atoms with van der Waals surface area (Å²) in [6.07, 6.45) is 0.647. The van der Waals surface area contributed by atoms with E-state index in [0.29, 0.717) is 6.42 Å². The lowest BCUT2D eigenvalue weighted by molar-refractivity contribution is 0.0298. The molecule has 0 spiro atoms. The molecule has 2 nitrogen and oxygen atoms in total. The zero-order valence-electron chi connectivity index (χ0n) is 8.83. The molecule has 1 unspecified atom stereocenters. The van der Waals surface area contributed by atoms with Crippen molar-refractivity contribution in [3.63, 3.8) is 0 Å². The highest BCUT2D eigenvalue weighted by Gasteiger charge is 2.39. The molecule has 0 amide bonds. The molecule has 0 fully saturated rings. The largest absolute Gasteiger partial charge is 0.507 e. The number of aromatic hydroxyl groups is 1. The minimum absolute atomic E-state index is 0.286. The van der Waals surface area contributed by atoms with Crippen LogP contribution in [0, 0.1) is 0 Å². The number of fused-ring (bicyclic) bond motifs is 1. The second-order valence-electron chi connectivity index (χ2n) is 4.64. The maximum atomic E-state index is 9.98. The minimum atomic E-state index is -0.829. The van der Waals surface area contributed by atoms with Crippen LogP contribution in [0.4, 0.5) is 0 Å². The molecule has 0 bridgehead atoms. The van der Waals surface area contributed by atoms with Crippen molar-refractivity contribution in [2.45, 2.75) is 38.7 Å². The number of phenols is 1. The van der Waals surface area contributed by atoms with Crippen molar-refractivity contribution in [1.82, 2.24) is 0 Å². The summed E-state index contributed by atoms with van der Waals surface area (Å²) in [6.45, 7) is 5.82. The molecular weight excluding hydrogens is 176 g/mol. The summed E-state index contributed by atoms with van der Waals surface area (Å²) in [4.78, 5) is 0. The molecule has 76 valence electrons. The van der Waals surface area contributed by atoms with Gasteiger partial charge in [0.25, 0.3) is 0 Å². The smallest absolute Gasteiger partial charge is 0.125 e. The van der Waals surface area contributed by atoms with Gasteiger partial charge in [0, 0.05) is 12.0 Å². The van der Waals surface area contributed by atoms with E-state index in [0.717, 1.165) is 16.7 Å². The first-order valence-electron chi connectivity index (χ1n) is 5.01. The zero-order chi connectivity index (χ0) is 10.5. The predicted molar refractivity (Wildman–Crippen MR) is 55.5 cm³/mol. The summed E-state index contributed by atoms with van der Waals surface area (Å²) in [7, 11) is 0. The summed E-state index contributed by atoms with van der Waals surface area (Å²) in [5.74, 6) is 0.574. The highest BCUT2D eigenvalue weighted by atomic mass is 16.3. The molecule has 1 atom stereocenters. The van der Waals surface area contributed by atoms with E-state index in [1.807, 2.05) is 26.0 Å². The summed E-state index contributed by atoms with van der Waals surface area (Å²) < 4.78 is 0. The number of aliphatic hydroxyl groups is 1. The summed E-state index contributed by atoms with van der Waals surface area (Å²) in [6, 6.07) is 3.95. The maximum absolute atomic E-state index is 9.98. The van der Waals surface area contributed by atoms with Crippen LogP contribution in [-0.4, -0.2) is 10.2 Å². The topological polar surface area (TPSA) is 40.5 Å². The summed E-state index contributed by atoms with van der Waals surface area (Å²) >= 11 is 0. The van der Waals surface area contributed by atoms with E-state index in [1.54, 1.807) is 6.92 Å². The van der Waals surface area contributed by atoms with Crippen LogP contribution in [-0.2, 0) is 12.0 Å². The van der Waals surface area contributed by atoms with Crippen LogP contribution < -0.4 is 0 Å². The third-order valence-electron chi connectivity index (χ3n) is 2.99. The number of hydrogen-bond acceptors (Lipinski definition) is 2. The molecule has 0 saturated heterocycles. The Hall–Kier alpha value is -1.02. The molecule has 2 N–H and O–H groups in total. The van der Waals surface area contributed by atoms with Crippen LogP contribution in [0.2, 0.25) is 0 Å². The average Bonchev–Trinajstić information content (AvgIpc) is 2.00. The van der Waals surface area contributed by atoms with Gasteiger partial charge in [0.1, 0.15) is 5.75 Å². The van der Waals surface area contributed by atoms with Gasteiger partial charge in [-0.05, 0) is 24.0 Å². The first kappa shape index (κ1) is 9.53. The van der Waals surface area contributed by atoms with E-state index in [4.69, 9.17) is 0 Å². The van der Waals surface area contributed by atoms with Crippen molar-refractivity contribution in [2.75, 3.05) is 0 Å². The molecule has 0 aliphatic heterocycles. The molecule has 0 saturated carbocycles. The van der Waals surface area contributed by atoms with Gasteiger partial charge < -0.3 is 10.2 Å². The summed E-state index contributed by atoms with van der Waals surface area (Å²) in [5.41, 5.74) is 1.88. The maximum Gasteiger partial charge on any atom is 0.125 e. The van der Waals surface area contributed by atoms with Gasteiger partial charge in [-0.15, -0.1) is 0 Å². The monoisotopic (exact) mass is 192 g/mol. The number of benzene rings is 1. The van der Waals surface area contributed by atoms with Gasteiger partial charge in [-0.1, -0.05) is 26.0 Å². The van der Waals surface area contributed by atoms with Crippen molar-refractivity contribution in [2.24, 2.45) is 0 Å². The predicted octanol–water partition coefficient (Wildman–Crippen LogP) is 2.28. The highest BCUT2D eigenvalue weighted by Crippen LogP contribution is 2.46. The molecule has 14 heavy (non-hydrogen) atoms. The standard InChI is InChI=1S/C12H16O2/c1-7(2)9-5-4-8-6-12(3,14)10(8)11(9)13/h4-5,7,13-14H,6H2,1-3H3. The Morgan fingerprint density at radius 1 is 1.36 bits per heavy atom. The Labute approximate surface area is 84.2 Å². The van der Waals surface area contributed by atoms with Gasteiger partial charge in [0.2, 0.25) is 0 Å². The fourth-order valence-electron chi connectivity index (χ4n) is 2.22. The molecule has 2 heteroatoms.